The first-order valence-electron chi connectivity index (χ1n) is 5.38. The molecule has 0 spiro atoms. The van der Waals surface area contributed by atoms with Gasteiger partial charge in [-0.3, -0.25) is 4.79 Å². The van der Waals surface area contributed by atoms with E-state index in [0.29, 0.717) is 19.0 Å². The van der Waals surface area contributed by atoms with Crippen molar-refractivity contribution in [2.75, 3.05) is 13.2 Å². The average molecular weight is 243 g/mol. The Bertz CT molecular complexity index is 376. The summed E-state index contributed by atoms with van der Waals surface area (Å²) in [7, 11) is 0. The number of nitrogens with one attached hydrogen (secondary N) is 1. The highest BCUT2D eigenvalue weighted by Gasteiger charge is 2.10. The van der Waals surface area contributed by atoms with E-state index in [1.165, 1.54) is 0 Å². The molecule has 1 rings (SSSR count). The highest BCUT2D eigenvalue weighted by Crippen LogP contribution is 2.08. The normalized spacial score (nSPS) is 12.2. The molecule has 0 bridgehead atoms. The summed E-state index contributed by atoms with van der Waals surface area (Å²) in [6.07, 6.45) is 0.567. The Hall–Kier alpha value is -1.49. The van der Waals surface area contributed by atoms with Crippen LogP contribution in [0.15, 0.2) is 18.2 Å². The molecule has 0 radical (unpaired) electrons. The zero-order valence-corrected chi connectivity index (χ0v) is 9.54. The van der Waals surface area contributed by atoms with Gasteiger partial charge in [0.25, 0.3) is 5.91 Å². The van der Waals surface area contributed by atoms with Gasteiger partial charge in [-0.15, -0.1) is 0 Å². The predicted molar refractivity (Wildman–Crippen MR) is 59.6 cm³/mol. The zero-order chi connectivity index (χ0) is 12.8. The van der Waals surface area contributed by atoms with E-state index in [2.05, 4.69) is 5.32 Å². The molecule has 1 aromatic rings. The van der Waals surface area contributed by atoms with Crippen LogP contribution in [-0.2, 0) is 0 Å². The van der Waals surface area contributed by atoms with E-state index in [1.54, 1.807) is 0 Å². The van der Waals surface area contributed by atoms with Gasteiger partial charge < -0.3 is 10.4 Å². The summed E-state index contributed by atoms with van der Waals surface area (Å²) in [6.45, 7) is 2.27. The number of hydrogen-bond acceptors (Lipinski definition) is 2. The molecule has 1 amide bonds. The number of halogens is 2. The summed E-state index contributed by atoms with van der Waals surface area (Å²) in [5.74, 6) is -1.97. The van der Waals surface area contributed by atoms with Crippen LogP contribution in [0.25, 0.3) is 0 Å². The Morgan fingerprint density at radius 3 is 2.47 bits per heavy atom. The van der Waals surface area contributed by atoms with Crippen molar-refractivity contribution < 1.29 is 18.7 Å². The molecular weight excluding hydrogens is 228 g/mol. The van der Waals surface area contributed by atoms with Gasteiger partial charge in [0.1, 0.15) is 11.6 Å². The summed E-state index contributed by atoms with van der Waals surface area (Å²) in [4.78, 5) is 11.6. The second-order valence-electron chi connectivity index (χ2n) is 3.99. The fourth-order valence-electron chi connectivity index (χ4n) is 1.38. The van der Waals surface area contributed by atoms with Gasteiger partial charge in [0, 0.05) is 24.8 Å². The maximum absolute atomic E-state index is 12.9. The van der Waals surface area contributed by atoms with E-state index in [9.17, 15) is 13.6 Å². The lowest BCUT2D eigenvalue weighted by Crippen LogP contribution is -2.28. The van der Waals surface area contributed by atoms with Crippen LogP contribution in [0.2, 0.25) is 0 Å². The number of carbonyl (C=O) groups excluding carboxylic acids is 1. The zero-order valence-electron chi connectivity index (χ0n) is 9.54. The van der Waals surface area contributed by atoms with E-state index in [-0.39, 0.29) is 18.1 Å². The lowest BCUT2D eigenvalue weighted by atomic mass is 10.1. The molecule has 0 aromatic heterocycles. The Morgan fingerprint density at radius 2 is 1.94 bits per heavy atom. The first-order chi connectivity index (χ1) is 8.02. The monoisotopic (exact) mass is 243 g/mol. The van der Waals surface area contributed by atoms with Gasteiger partial charge >= 0.3 is 0 Å². The lowest BCUT2D eigenvalue weighted by molar-refractivity contribution is 0.0944. The second kappa shape index (κ2) is 6.30. The van der Waals surface area contributed by atoms with Crippen molar-refractivity contribution >= 4 is 5.91 Å². The van der Waals surface area contributed by atoms with Crippen molar-refractivity contribution in [3.8, 4) is 0 Å². The van der Waals surface area contributed by atoms with Gasteiger partial charge in [0.05, 0.1) is 0 Å². The van der Waals surface area contributed by atoms with Crippen molar-refractivity contribution in [1.82, 2.24) is 5.32 Å². The molecule has 0 saturated carbocycles. The van der Waals surface area contributed by atoms with Gasteiger partial charge in [-0.1, -0.05) is 6.92 Å². The van der Waals surface area contributed by atoms with Crippen LogP contribution >= 0.6 is 0 Å². The van der Waals surface area contributed by atoms with Crippen molar-refractivity contribution in [3.05, 3.63) is 35.4 Å². The topological polar surface area (TPSA) is 49.3 Å². The van der Waals surface area contributed by atoms with Crippen LogP contribution in [0, 0.1) is 17.6 Å². The number of aliphatic hydroxyl groups is 1. The van der Waals surface area contributed by atoms with Crippen LogP contribution in [-0.4, -0.2) is 24.2 Å². The molecule has 0 saturated heterocycles. The molecule has 0 heterocycles. The molecule has 1 unspecified atom stereocenters. The molecule has 1 aromatic carbocycles. The molecular formula is C12H15F2NO2. The first kappa shape index (κ1) is 13.6. The maximum atomic E-state index is 12.9. The summed E-state index contributed by atoms with van der Waals surface area (Å²) >= 11 is 0. The quantitative estimate of drug-likeness (QED) is 0.827. The van der Waals surface area contributed by atoms with Gasteiger partial charge in [-0.25, -0.2) is 8.78 Å². The molecule has 1 atom stereocenters. The second-order valence-corrected chi connectivity index (χ2v) is 3.99. The SMILES string of the molecule is CC(CCO)CNC(=O)c1cc(F)cc(F)c1. The van der Waals surface area contributed by atoms with Gasteiger partial charge in [-0.2, -0.15) is 0 Å². The molecule has 2 N–H and O–H groups in total. The summed E-state index contributed by atoms with van der Waals surface area (Å²) in [5, 5.41) is 11.2. The number of benzene rings is 1. The van der Waals surface area contributed by atoms with Crippen LogP contribution in [0.1, 0.15) is 23.7 Å². The van der Waals surface area contributed by atoms with Crippen molar-refractivity contribution in [1.29, 1.82) is 0 Å². The standard InChI is InChI=1S/C12H15F2NO2/c1-8(2-3-16)7-15-12(17)9-4-10(13)6-11(14)5-9/h4-6,8,16H,2-3,7H2,1H3,(H,15,17). The molecule has 0 aliphatic rings. The molecule has 3 nitrogen and oxygen atoms in total. The van der Waals surface area contributed by atoms with Crippen LogP contribution in [0.3, 0.4) is 0 Å². The van der Waals surface area contributed by atoms with Gasteiger partial charge in [0.15, 0.2) is 0 Å². The summed E-state index contributed by atoms with van der Waals surface area (Å²) < 4.78 is 25.7. The largest absolute Gasteiger partial charge is 0.396 e. The fraction of sp³-hybridized carbons (Fsp3) is 0.417. The number of amides is 1. The number of rotatable bonds is 5. The predicted octanol–water partition coefficient (Wildman–Crippen LogP) is 1.71. The first-order valence-corrected chi connectivity index (χ1v) is 5.38. The lowest BCUT2D eigenvalue weighted by Gasteiger charge is -2.11. The minimum absolute atomic E-state index is 0.0429. The van der Waals surface area contributed by atoms with Gasteiger partial charge in [-0.05, 0) is 24.5 Å². The number of hydrogen-bond donors (Lipinski definition) is 2. The van der Waals surface area contributed by atoms with E-state index >= 15 is 0 Å². The third kappa shape index (κ3) is 4.48. The summed E-state index contributed by atoms with van der Waals surface area (Å²) in [5.41, 5.74) is -0.0429. The Morgan fingerprint density at radius 1 is 1.35 bits per heavy atom. The molecule has 0 aliphatic heterocycles. The minimum Gasteiger partial charge on any atom is -0.396 e. The Kier molecular flexibility index (Phi) is 5.03. The number of carbonyl (C=O) groups is 1. The molecule has 17 heavy (non-hydrogen) atoms. The van der Waals surface area contributed by atoms with Crippen molar-refractivity contribution in [2.45, 2.75) is 13.3 Å². The third-order valence-corrected chi connectivity index (χ3v) is 2.36. The number of aliphatic hydroxyl groups excluding tert-OH is 1. The minimum atomic E-state index is -0.779. The smallest absolute Gasteiger partial charge is 0.251 e. The van der Waals surface area contributed by atoms with Crippen LogP contribution < -0.4 is 5.32 Å². The molecule has 94 valence electrons. The van der Waals surface area contributed by atoms with Crippen molar-refractivity contribution in [3.63, 3.8) is 0 Å². The average Bonchev–Trinajstić information content (AvgIpc) is 2.25. The third-order valence-electron chi connectivity index (χ3n) is 2.36. The fourth-order valence-corrected chi connectivity index (χ4v) is 1.38. The van der Waals surface area contributed by atoms with E-state index < -0.39 is 17.5 Å². The Balaban J connectivity index is 2.58. The summed E-state index contributed by atoms with van der Waals surface area (Å²) in [6, 6.07) is 2.68. The molecule has 0 aliphatic carbocycles. The van der Waals surface area contributed by atoms with Crippen molar-refractivity contribution in [2.24, 2.45) is 5.92 Å². The van der Waals surface area contributed by atoms with Crippen LogP contribution in [0.4, 0.5) is 8.78 Å². The van der Waals surface area contributed by atoms with E-state index in [0.717, 1.165) is 12.1 Å². The van der Waals surface area contributed by atoms with Gasteiger partial charge in [0.2, 0.25) is 0 Å². The maximum Gasteiger partial charge on any atom is 0.251 e. The highest BCUT2D eigenvalue weighted by atomic mass is 19.1. The van der Waals surface area contributed by atoms with Crippen LogP contribution in [0.5, 0.6) is 0 Å². The van der Waals surface area contributed by atoms with E-state index in [1.807, 2.05) is 6.92 Å². The van der Waals surface area contributed by atoms with E-state index in [4.69, 9.17) is 5.11 Å². The molecule has 0 fully saturated rings. The highest BCUT2D eigenvalue weighted by molar-refractivity contribution is 5.94. The Labute approximate surface area is 98.5 Å². The molecule has 5 heteroatoms.